The average Bonchev–Trinajstić information content (AvgIpc) is 3.14. The van der Waals surface area contributed by atoms with Gasteiger partial charge in [0.25, 0.3) is 0 Å². The van der Waals surface area contributed by atoms with Crippen molar-refractivity contribution in [2.24, 2.45) is 10.9 Å². The Balaban J connectivity index is 0.00000261. The first kappa shape index (κ1) is 21.6. The number of aryl methyl sites for hydroxylation is 1. The molecule has 0 aliphatic carbocycles. The summed E-state index contributed by atoms with van der Waals surface area (Å²) in [7, 11) is 1.76. The summed E-state index contributed by atoms with van der Waals surface area (Å²) < 4.78 is 19.3. The van der Waals surface area contributed by atoms with Gasteiger partial charge in [0.2, 0.25) is 0 Å². The maximum absolute atomic E-state index is 13.4. The van der Waals surface area contributed by atoms with E-state index in [2.05, 4.69) is 27.8 Å². The number of ether oxygens (including phenoxy) is 1. The van der Waals surface area contributed by atoms with Gasteiger partial charge in [0.05, 0.1) is 6.10 Å². The second-order valence-corrected chi connectivity index (χ2v) is 6.64. The number of guanidine groups is 1. The van der Waals surface area contributed by atoms with E-state index in [9.17, 15) is 4.39 Å². The predicted molar refractivity (Wildman–Crippen MR) is 118 cm³/mol. The van der Waals surface area contributed by atoms with Crippen molar-refractivity contribution in [2.75, 3.05) is 20.2 Å². The Kier molecular flexibility index (Phi) is 8.50. The SMILES string of the molecule is CN=C(NCc1ccc(F)c(C)c1)NCC1CCOC1c1ccccc1.I. The number of rotatable bonds is 5. The Morgan fingerprint density at radius 1 is 1.19 bits per heavy atom. The van der Waals surface area contributed by atoms with E-state index in [0.29, 0.717) is 18.0 Å². The maximum Gasteiger partial charge on any atom is 0.191 e. The molecule has 2 aromatic carbocycles. The van der Waals surface area contributed by atoms with Crippen molar-refractivity contribution in [3.8, 4) is 0 Å². The van der Waals surface area contributed by atoms with Gasteiger partial charge in [-0.05, 0) is 36.1 Å². The molecule has 4 nitrogen and oxygen atoms in total. The van der Waals surface area contributed by atoms with Crippen LogP contribution < -0.4 is 10.6 Å². The summed E-state index contributed by atoms with van der Waals surface area (Å²) in [6.07, 6.45) is 1.15. The van der Waals surface area contributed by atoms with Gasteiger partial charge in [-0.15, -0.1) is 24.0 Å². The van der Waals surface area contributed by atoms with Crippen LogP contribution in [0.25, 0.3) is 0 Å². The number of nitrogens with one attached hydrogen (secondary N) is 2. The van der Waals surface area contributed by atoms with Crippen LogP contribution in [0.5, 0.6) is 0 Å². The van der Waals surface area contributed by atoms with Gasteiger partial charge in [0, 0.05) is 32.7 Å². The molecule has 3 rings (SSSR count). The Morgan fingerprint density at radius 3 is 2.67 bits per heavy atom. The highest BCUT2D eigenvalue weighted by Crippen LogP contribution is 2.33. The molecule has 2 atom stereocenters. The monoisotopic (exact) mass is 483 g/mol. The molecule has 2 N–H and O–H groups in total. The molecule has 1 fully saturated rings. The predicted octanol–water partition coefficient (Wildman–Crippen LogP) is 4.19. The zero-order chi connectivity index (χ0) is 18.4. The van der Waals surface area contributed by atoms with E-state index >= 15 is 0 Å². The number of nitrogens with zero attached hydrogens (tertiary/aromatic N) is 1. The van der Waals surface area contributed by atoms with E-state index in [4.69, 9.17) is 4.74 Å². The Morgan fingerprint density at radius 2 is 1.96 bits per heavy atom. The van der Waals surface area contributed by atoms with Gasteiger partial charge in [-0.25, -0.2) is 4.39 Å². The first-order chi connectivity index (χ1) is 12.7. The molecule has 1 saturated heterocycles. The van der Waals surface area contributed by atoms with Crippen molar-refractivity contribution >= 4 is 29.9 Å². The molecule has 27 heavy (non-hydrogen) atoms. The highest BCUT2D eigenvalue weighted by Gasteiger charge is 2.29. The van der Waals surface area contributed by atoms with E-state index in [1.807, 2.05) is 24.3 Å². The van der Waals surface area contributed by atoms with Crippen molar-refractivity contribution in [1.29, 1.82) is 0 Å². The van der Waals surface area contributed by atoms with Crippen LogP contribution in [-0.4, -0.2) is 26.2 Å². The molecule has 1 aliphatic rings. The summed E-state index contributed by atoms with van der Waals surface area (Å²) in [5, 5.41) is 6.68. The number of aliphatic imine (C=N–C) groups is 1. The summed E-state index contributed by atoms with van der Waals surface area (Å²) in [6.45, 7) is 3.95. The van der Waals surface area contributed by atoms with Gasteiger partial charge < -0.3 is 15.4 Å². The van der Waals surface area contributed by atoms with Crippen molar-refractivity contribution in [2.45, 2.75) is 26.0 Å². The van der Waals surface area contributed by atoms with Crippen LogP contribution in [-0.2, 0) is 11.3 Å². The van der Waals surface area contributed by atoms with Crippen molar-refractivity contribution in [1.82, 2.24) is 10.6 Å². The molecule has 146 valence electrons. The van der Waals surface area contributed by atoms with E-state index in [1.165, 1.54) is 11.6 Å². The fraction of sp³-hybridized carbons (Fsp3) is 0.381. The van der Waals surface area contributed by atoms with Crippen LogP contribution in [0, 0.1) is 18.7 Å². The molecule has 0 radical (unpaired) electrons. The summed E-state index contributed by atoms with van der Waals surface area (Å²) >= 11 is 0. The number of hydrogen-bond donors (Lipinski definition) is 2. The average molecular weight is 483 g/mol. The van der Waals surface area contributed by atoms with E-state index in [1.54, 1.807) is 20.0 Å². The van der Waals surface area contributed by atoms with Crippen LogP contribution in [0.3, 0.4) is 0 Å². The fourth-order valence-corrected chi connectivity index (χ4v) is 3.30. The quantitative estimate of drug-likeness (QED) is 0.381. The highest BCUT2D eigenvalue weighted by molar-refractivity contribution is 14.0. The molecule has 0 aromatic heterocycles. The van der Waals surface area contributed by atoms with Crippen molar-refractivity contribution in [3.05, 3.63) is 71.0 Å². The van der Waals surface area contributed by atoms with Crippen molar-refractivity contribution in [3.63, 3.8) is 0 Å². The zero-order valence-corrected chi connectivity index (χ0v) is 18.1. The van der Waals surface area contributed by atoms with Crippen LogP contribution in [0.1, 0.15) is 29.2 Å². The first-order valence-corrected chi connectivity index (χ1v) is 9.03. The fourth-order valence-electron chi connectivity index (χ4n) is 3.30. The minimum Gasteiger partial charge on any atom is -0.373 e. The van der Waals surface area contributed by atoms with Crippen LogP contribution >= 0.6 is 24.0 Å². The van der Waals surface area contributed by atoms with E-state index < -0.39 is 0 Å². The number of hydrogen-bond acceptors (Lipinski definition) is 2. The van der Waals surface area contributed by atoms with Gasteiger partial charge in [-0.3, -0.25) is 4.99 Å². The second-order valence-electron chi connectivity index (χ2n) is 6.64. The molecular weight excluding hydrogens is 456 g/mol. The number of halogens is 2. The van der Waals surface area contributed by atoms with Gasteiger partial charge in [-0.1, -0.05) is 42.5 Å². The van der Waals surface area contributed by atoms with E-state index in [-0.39, 0.29) is 35.9 Å². The molecule has 0 amide bonds. The summed E-state index contributed by atoms with van der Waals surface area (Å²) in [6, 6.07) is 15.5. The lowest BCUT2D eigenvalue weighted by atomic mass is 9.95. The van der Waals surface area contributed by atoms with Gasteiger partial charge in [0.15, 0.2) is 5.96 Å². The molecule has 0 spiro atoms. The minimum atomic E-state index is -0.176. The molecule has 0 saturated carbocycles. The third-order valence-corrected chi connectivity index (χ3v) is 4.78. The summed E-state index contributed by atoms with van der Waals surface area (Å²) in [5.41, 5.74) is 2.90. The van der Waals surface area contributed by atoms with Gasteiger partial charge >= 0.3 is 0 Å². The Hall–Kier alpha value is -1.67. The lowest BCUT2D eigenvalue weighted by Gasteiger charge is -2.21. The van der Waals surface area contributed by atoms with Crippen molar-refractivity contribution < 1.29 is 9.13 Å². The summed E-state index contributed by atoms with van der Waals surface area (Å²) in [4.78, 5) is 4.28. The van der Waals surface area contributed by atoms with Gasteiger partial charge in [0.1, 0.15) is 5.82 Å². The molecule has 2 aromatic rings. The largest absolute Gasteiger partial charge is 0.373 e. The zero-order valence-electron chi connectivity index (χ0n) is 15.7. The summed E-state index contributed by atoms with van der Waals surface area (Å²) in [5.74, 6) is 0.971. The third-order valence-electron chi connectivity index (χ3n) is 4.78. The van der Waals surface area contributed by atoms with Gasteiger partial charge in [-0.2, -0.15) is 0 Å². The molecule has 1 aliphatic heterocycles. The normalized spacial score (nSPS) is 19.4. The minimum absolute atomic E-state index is 0. The molecule has 6 heteroatoms. The standard InChI is InChI=1S/C21H26FN3O.HI/c1-15-12-16(8-9-19(15)22)13-24-21(23-2)25-14-18-10-11-26-20(18)17-6-4-3-5-7-17;/h3-9,12,18,20H,10-11,13-14H2,1-2H3,(H2,23,24,25);1H. The molecule has 0 bridgehead atoms. The number of benzene rings is 2. The Labute approximate surface area is 177 Å². The van der Waals surface area contributed by atoms with Crippen LogP contribution in [0.2, 0.25) is 0 Å². The lowest BCUT2D eigenvalue weighted by Crippen LogP contribution is -2.39. The highest BCUT2D eigenvalue weighted by atomic mass is 127. The Bertz CT molecular complexity index is 754. The van der Waals surface area contributed by atoms with E-state index in [0.717, 1.165) is 31.1 Å². The maximum atomic E-state index is 13.4. The molecular formula is C21H27FIN3O. The lowest BCUT2D eigenvalue weighted by molar-refractivity contribution is 0.0915. The molecule has 1 heterocycles. The smallest absolute Gasteiger partial charge is 0.191 e. The third kappa shape index (κ3) is 5.90. The topological polar surface area (TPSA) is 45.7 Å². The second kappa shape index (κ2) is 10.6. The molecule has 2 unspecified atom stereocenters. The van der Waals surface area contributed by atoms with Crippen LogP contribution in [0.15, 0.2) is 53.5 Å². The van der Waals surface area contributed by atoms with Crippen LogP contribution in [0.4, 0.5) is 4.39 Å². The first-order valence-electron chi connectivity index (χ1n) is 9.03.